The van der Waals surface area contributed by atoms with Gasteiger partial charge in [-0.2, -0.15) is 15.4 Å². The summed E-state index contributed by atoms with van der Waals surface area (Å²) in [5.41, 5.74) is 2.01. The minimum Gasteiger partial charge on any atom is -0.485 e. The van der Waals surface area contributed by atoms with Crippen molar-refractivity contribution in [2.24, 2.45) is 0 Å². The first-order chi connectivity index (χ1) is 10.1. The lowest BCUT2D eigenvalue weighted by Gasteiger charge is -2.45. The molecule has 1 aromatic carbocycles. The average Bonchev–Trinajstić information content (AvgIpc) is 3.08. The van der Waals surface area contributed by atoms with Crippen LogP contribution in [-0.4, -0.2) is 50.2 Å². The maximum Gasteiger partial charge on any atom is 0.131 e. The smallest absolute Gasteiger partial charge is 0.131 e. The van der Waals surface area contributed by atoms with Crippen LogP contribution in [0.25, 0.3) is 11.0 Å². The summed E-state index contributed by atoms with van der Waals surface area (Å²) in [6.45, 7) is 5.93. The standard InChI is InChI=1S/C15H20N4O2/c1-15(2)14(20)13(19-5-3-4-6-19)9-7-10-11(17-18-16-10)8-12(9)21-15/h7-8,13-14,20H,3-6H2,1-2H3,(H,16,17,18). The summed E-state index contributed by atoms with van der Waals surface area (Å²) < 4.78 is 6.04. The highest BCUT2D eigenvalue weighted by Crippen LogP contribution is 2.44. The second kappa shape index (κ2) is 4.42. The Morgan fingerprint density at radius 2 is 1.90 bits per heavy atom. The van der Waals surface area contributed by atoms with E-state index in [1.807, 2.05) is 26.0 Å². The second-order valence-electron chi connectivity index (χ2n) is 6.54. The van der Waals surface area contributed by atoms with Crippen molar-refractivity contribution in [3.8, 4) is 5.75 Å². The van der Waals surface area contributed by atoms with Crippen LogP contribution in [0.3, 0.4) is 0 Å². The first-order valence-corrected chi connectivity index (χ1v) is 7.52. The molecule has 112 valence electrons. The van der Waals surface area contributed by atoms with E-state index < -0.39 is 11.7 Å². The SMILES string of the molecule is CC1(C)Oc2cc3n[nH]nc3cc2C(N2CCCC2)C1O. The Morgan fingerprint density at radius 1 is 1.24 bits per heavy atom. The monoisotopic (exact) mass is 288 g/mol. The van der Waals surface area contributed by atoms with Crippen LogP contribution in [0.2, 0.25) is 0 Å². The molecule has 1 fully saturated rings. The Kier molecular flexibility index (Phi) is 2.74. The van der Waals surface area contributed by atoms with Gasteiger partial charge in [-0.3, -0.25) is 4.90 Å². The van der Waals surface area contributed by atoms with Crippen molar-refractivity contribution in [1.29, 1.82) is 0 Å². The van der Waals surface area contributed by atoms with Crippen molar-refractivity contribution in [1.82, 2.24) is 20.3 Å². The molecule has 2 atom stereocenters. The molecule has 1 saturated heterocycles. The van der Waals surface area contributed by atoms with E-state index in [9.17, 15) is 5.11 Å². The molecule has 0 aliphatic carbocycles. The molecule has 2 aliphatic heterocycles. The fourth-order valence-electron chi connectivity index (χ4n) is 3.52. The van der Waals surface area contributed by atoms with Gasteiger partial charge in [0.15, 0.2) is 0 Å². The van der Waals surface area contributed by atoms with Crippen LogP contribution in [0, 0.1) is 0 Å². The Hall–Kier alpha value is -1.66. The molecule has 2 aromatic rings. The number of benzene rings is 1. The van der Waals surface area contributed by atoms with Gasteiger partial charge in [0.25, 0.3) is 0 Å². The van der Waals surface area contributed by atoms with Gasteiger partial charge in [-0.15, -0.1) is 0 Å². The number of H-pyrrole nitrogens is 1. The van der Waals surface area contributed by atoms with Crippen molar-refractivity contribution in [2.75, 3.05) is 13.1 Å². The van der Waals surface area contributed by atoms with E-state index in [1.165, 1.54) is 12.8 Å². The van der Waals surface area contributed by atoms with Gasteiger partial charge >= 0.3 is 0 Å². The van der Waals surface area contributed by atoms with Crippen LogP contribution in [0.15, 0.2) is 12.1 Å². The quantitative estimate of drug-likeness (QED) is 0.834. The fraction of sp³-hybridized carbons (Fsp3) is 0.600. The molecule has 3 heterocycles. The number of fused-ring (bicyclic) bond motifs is 2. The number of rotatable bonds is 1. The van der Waals surface area contributed by atoms with Crippen LogP contribution in [0.1, 0.15) is 38.3 Å². The lowest BCUT2D eigenvalue weighted by molar-refractivity contribution is -0.0894. The molecule has 4 rings (SSSR count). The number of nitrogens with one attached hydrogen (secondary N) is 1. The van der Waals surface area contributed by atoms with Crippen LogP contribution < -0.4 is 4.74 Å². The van der Waals surface area contributed by atoms with Gasteiger partial charge in [-0.1, -0.05) is 0 Å². The number of aromatic nitrogens is 3. The molecule has 2 aliphatic rings. The predicted molar refractivity (Wildman–Crippen MR) is 78.2 cm³/mol. The predicted octanol–water partition coefficient (Wildman–Crippen LogP) is 1.63. The molecule has 0 bridgehead atoms. The van der Waals surface area contributed by atoms with Crippen molar-refractivity contribution in [3.05, 3.63) is 17.7 Å². The summed E-state index contributed by atoms with van der Waals surface area (Å²) in [6.07, 6.45) is 1.81. The highest BCUT2D eigenvalue weighted by Gasteiger charge is 2.46. The Morgan fingerprint density at radius 3 is 2.62 bits per heavy atom. The molecule has 0 spiro atoms. The number of aromatic amines is 1. The third-order valence-corrected chi connectivity index (χ3v) is 4.68. The maximum absolute atomic E-state index is 10.8. The first kappa shape index (κ1) is 13.0. The molecule has 0 radical (unpaired) electrons. The summed E-state index contributed by atoms with van der Waals surface area (Å²) in [7, 11) is 0. The van der Waals surface area contributed by atoms with E-state index >= 15 is 0 Å². The van der Waals surface area contributed by atoms with Gasteiger partial charge in [-0.05, 0) is 45.8 Å². The van der Waals surface area contributed by atoms with Gasteiger partial charge in [-0.25, -0.2) is 0 Å². The van der Waals surface area contributed by atoms with Gasteiger partial charge < -0.3 is 9.84 Å². The minimum atomic E-state index is -0.613. The number of hydrogen-bond acceptors (Lipinski definition) is 5. The third-order valence-electron chi connectivity index (χ3n) is 4.68. The Labute approximate surface area is 123 Å². The lowest BCUT2D eigenvalue weighted by Crippen LogP contribution is -2.53. The van der Waals surface area contributed by atoms with Crippen molar-refractivity contribution >= 4 is 11.0 Å². The van der Waals surface area contributed by atoms with Gasteiger partial charge in [0.1, 0.15) is 28.5 Å². The van der Waals surface area contributed by atoms with E-state index in [1.54, 1.807) is 0 Å². The summed E-state index contributed by atoms with van der Waals surface area (Å²) >= 11 is 0. The molecule has 21 heavy (non-hydrogen) atoms. The molecule has 2 N–H and O–H groups in total. The number of aliphatic hydroxyl groups excluding tert-OH is 1. The zero-order valence-corrected chi connectivity index (χ0v) is 12.3. The van der Waals surface area contributed by atoms with E-state index in [0.717, 1.165) is 35.4 Å². The minimum absolute atomic E-state index is 0.0349. The van der Waals surface area contributed by atoms with Crippen LogP contribution >= 0.6 is 0 Å². The summed E-state index contributed by atoms with van der Waals surface area (Å²) in [6, 6.07) is 3.88. The first-order valence-electron chi connectivity index (χ1n) is 7.52. The number of aliphatic hydroxyl groups is 1. The van der Waals surface area contributed by atoms with Crippen LogP contribution in [0.5, 0.6) is 5.75 Å². The molecule has 6 nitrogen and oxygen atoms in total. The fourth-order valence-corrected chi connectivity index (χ4v) is 3.52. The molecular weight excluding hydrogens is 268 g/mol. The second-order valence-corrected chi connectivity index (χ2v) is 6.54. The molecule has 6 heteroatoms. The maximum atomic E-state index is 10.8. The molecule has 0 saturated carbocycles. The molecular formula is C15H20N4O2. The van der Waals surface area contributed by atoms with Crippen LogP contribution in [0.4, 0.5) is 0 Å². The average molecular weight is 288 g/mol. The Bertz CT molecular complexity index is 675. The van der Waals surface area contributed by atoms with Gasteiger partial charge in [0, 0.05) is 11.6 Å². The van der Waals surface area contributed by atoms with E-state index in [2.05, 4.69) is 20.3 Å². The van der Waals surface area contributed by atoms with Crippen molar-refractivity contribution < 1.29 is 9.84 Å². The zero-order valence-electron chi connectivity index (χ0n) is 12.3. The molecule has 1 aromatic heterocycles. The summed E-state index contributed by atoms with van der Waals surface area (Å²) in [5.74, 6) is 0.809. The third kappa shape index (κ3) is 1.93. The zero-order chi connectivity index (χ0) is 14.6. The topological polar surface area (TPSA) is 74.3 Å². The van der Waals surface area contributed by atoms with Gasteiger partial charge in [0.2, 0.25) is 0 Å². The molecule has 0 amide bonds. The van der Waals surface area contributed by atoms with E-state index in [0.29, 0.717) is 0 Å². The van der Waals surface area contributed by atoms with Crippen molar-refractivity contribution in [2.45, 2.75) is 44.4 Å². The lowest BCUT2D eigenvalue weighted by atomic mass is 9.85. The summed E-state index contributed by atoms with van der Waals surface area (Å²) in [5, 5.41) is 21.7. The van der Waals surface area contributed by atoms with E-state index in [-0.39, 0.29) is 6.04 Å². The molecule has 2 unspecified atom stereocenters. The van der Waals surface area contributed by atoms with Gasteiger partial charge in [0.05, 0.1) is 6.04 Å². The normalized spacial score (nSPS) is 28.5. The highest BCUT2D eigenvalue weighted by molar-refractivity contribution is 5.77. The number of hydrogen-bond donors (Lipinski definition) is 2. The largest absolute Gasteiger partial charge is 0.485 e. The van der Waals surface area contributed by atoms with Crippen LogP contribution in [-0.2, 0) is 0 Å². The Balaban J connectivity index is 1.88. The van der Waals surface area contributed by atoms with E-state index in [4.69, 9.17) is 4.74 Å². The number of ether oxygens (including phenoxy) is 1. The van der Waals surface area contributed by atoms with Crippen molar-refractivity contribution in [3.63, 3.8) is 0 Å². The summed E-state index contributed by atoms with van der Waals surface area (Å²) in [4.78, 5) is 2.36. The highest BCUT2D eigenvalue weighted by atomic mass is 16.5. The number of nitrogens with zero attached hydrogens (tertiary/aromatic N) is 3. The number of likely N-dealkylation sites (tertiary alicyclic amines) is 1.